The predicted octanol–water partition coefficient (Wildman–Crippen LogP) is 5.44. The summed E-state index contributed by atoms with van der Waals surface area (Å²) in [5.74, 6) is 0.256. The smallest absolute Gasteiger partial charge is 0.139 e. The maximum atomic E-state index is 10.3. The van der Waals surface area contributed by atoms with Crippen molar-refractivity contribution in [2.24, 2.45) is 0 Å². The Labute approximate surface area is 128 Å². The molecule has 4 aromatic rings. The first-order valence-electron chi connectivity index (χ1n) is 7.28. The third-order valence-corrected chi connectivity index (χ3v) is 3.96. The lowest BCUT2D eigenvalue weighted by atomic mass is 10.1. The van der Waals surface area contributed by atoms with Gasteiger partial charge in [0.15, 0.2) is 0 Å². The SMILES string of the molecule is Oc1ccc2ccccc2c1Nc1cccc2ccccc12. The summed E-state index contributed by atoms with van der Waals surface area (Å²) in [6.45, 7) is 0. The number of hydrogen-bond acceptors (Lipinski definition) is 2. The van der Waals surface area contributed by atoms with Crippen molar-refractivity contribution in [1.82, 2.24) is 0 Å². The van der Waals surface area contributed by atoms with Crippen LogP contribution in [0.2, 0.25) is 0 Å². The summed E-state index contributed by atoms with van der Waals surface area (Å²) in [5, 5.41) is 18.1. The zero-order chi connectivity index (χ0) is 14.9. The van der Waals surface area contributed by atoms with Gasteiger partial charge in [-0.15, -0.1) is 0 Å². The van der Waals surface area contributed by atoms with E-state index in [0.29, 0.717) is 0 Å². The monoisotopic (exact) mass is 285 g/mol. The Hall–Kier alpha value is -3.00. The van der Waals surface area contributed by atoms with E-state index in [1.165, 1.54) is 5.39 Å². The van der Waals surface area contributed by atoms with Gasteiger partial charge in [0.05, 0.1) is 5.69 Å². The maximum absolute atomic E-state index is 10.3. The molecule has 0 bridgehead atoms. The molecule has 0 aliphatic rings. The predicted molar refractivity (Wildman–Crippen MR) is 92.8 cm³/mol. The van der Waals surface area contributed by atoms with Gasteiger partial charge in [0.25, 0.3) is 0 Å². The van der Waals surface area contributed by atoms with Gasteiger partial charge in [-0.2, -0.15) is 0 Å². The Balaban J connectivity index is 1.91. The van der Waals surface area contributed by atoms with Crippen molar-refractivity contribution in [3.63, 3.8) is 0 Å². The lowest BCUT2D eigenvalue weighted by Crippen LogP contribution is -1.93. The second-order valence-corrected chi connectivity index (χ2v) is 5.33. The number of nitrogens with one attached hydrogen (secondary N) is 1. The standard InChI is InChI=1S/C20H15NO/c22-19-13-12-15-7-2-4-10-17(15)20(19)21-18-11-5-8-14-6-1-3-9-16(14)18/h1-13,21-22H. The first-order chi connectivity index (χ1) is 10.8. The van der Waals surface area contributed by atoms with Gasteiger partial charge < -0.3 is 10.4 Å². The summed E-state index contributed by atoms with van der Waals surface area (Å²) in [5.41, 5.74) is 1.74. The fraction of sp³-hybridized carbons (Fsp3) is 0. The van der Waals surface area contributed by atoms with Crippen molar-refractivity contribution in [3.05, 3.63) is 78.9 Å². The first-order valence-corrected chi connectivity index (χ1v) is 7.28. The van der Waals surface area contributed by atoms with Gasteiger partial charge in [0.2, 0.25) is 0 Å². The molecular weight excluding hydrogens is 270 g/mol. The Morgan fingerprint density at radius 1 is 0.591 bits per heavy atom. The second kappa shape index (κ2) is 5.08. The quantitative estimate of drug-likeness (QED) is 0.480. The van der Waals surface area contributed by atoms with Crippen molar-refractivity contribution < 1.29 is 5.11 Å². The first kappa shape index (κ1) is 12.7. The van der Waals surface area contributed by atoms with E-state index in [-0.39, 0.29) is 5.75 Å². The summed E-state index contributed by atoms with van der Waals surface area (Å²) in [7, 11) is 0. The van der Waals surface area contributed by atoms with Gasteiger partial charge in [-0.1, -0.05) is 66.7 Å². The van der Waals surface area contributed by atoms with E-state index in [4.69, 9.17) is 0 Å². The molecule has 0 heterocycles. The van der Waals surface area contributed by atoms with Crippen LogP contribution >= 0.6 is 0 Å². The molecule has 0 aliphatic heterocycles. The van der Waals surface area contributed by atoms with E-state index < -0.39 is 0 Å². The molecule has 0 atom stereocenters. The zero-order valence-corrected chi connectivity index (χ0v) is 12.0. The number of hydrogen-bond donors (Lipinski definition) is 2. The number of rotatable bonds is 2. The third-order valence-electron chi connectivity index (χ3n) is 3.96. The van der Waals surface area contributed by atoms with Gasteiger partial charge in [0, 0.05) is 16.5 Å². The van der Waals surface area contributed by atoms with Crippen molar-refractivity contribution in [3.8, 4) is 5.75 Å². The molecular formula is C20H15NO. The molecule has 4 aromatic carbocycles. The third kappa shape index (κ3) is 2.06. The van der Waals surface area contributed by atoms with Crippen LogP contribution < -0.4 is 5.32 Å². The summed E-state index contributed by atoms with van der Waals surface area (Å²) < 4.78 is 0. The van der Waals surface area contributed by atoms with Crippen molar-refractivity contribution in [1.29, 1.82) is 0 Å². The molecule has 0 unspecified atom stereocenters. The number of fused-ring (bicyclic) bond motifs is 2. The van der Waals surface area contributed by atoms with Crippen molar-refractivity contribution in [2.75, 3.05) is 5.32 Å². The maximum Gasteiger partial charge on any atom is 0.139 e. The molecule has 106 valence electrons. The van der Waals surface area contributed by atoms with Crippen LogP contribution in [0.1, 0.15) is 0 Å². The van der Waals surface area contributed by atoms with E-state index in [2.05, 4.69) is 23.5 Å². The Morgan fingerprint density at radius 3 is 2.05 bits per heavy atom. The van der Waals surface area contributed by atoms with E-state index in [1.807, 2.05) is 54.6 Å². The van der Waals surface area contributed by atoms with Crippen LogP contribution in [-0.4, -0.2) is 5.11 Å². The molecule has 2 heteroatoms. The molecule has 0 spiro atoms. The highest BCUT2D eigenvalue weighted by Gasteiger charge is 2.08. The number of phenols is 1. The van der Waals surface area contributed by atoms with Crippen LogP contribution in [0.3, 0.4) is 0 Å². The topological polar surface area (TPSA) is 32.3 Å². The Morgan fingerprint density at radius 2 is 1.23 bits per heavy atom. The highest BCUT2D eigenvalue weighted by molar-refractivity contribution is 6.02. The number of anilines is 2. The molecule has 0 amide bonds. The lowest BCUT2D eigenvalue weighted by Gasteiger charge is -2.14. The minimum atomic E-state index is 0.256. The molecule has 0 fully saturated rings. The summed E-state index contributed by atoms with van der Waals surface area (Å²) in [6, 6.07) is 26.1. The zero-order valence-electron chi connectivity index (χ0n) is 12.0. The van der Waals surface area contributed by atoms with Crippen LogP contribution in [0, 0.1) is 0 Å². The molecule has 0 aromatic heterocycles. The summed E-state index contributed by atoms with van der Waals surface area (Å²) in [4.78, 5) is 0. The summed E-state index contributed by atoms with van der Waals surface area (Å²) >= 11 is 0. The minimum Gasteiger partial charge on any atom is -0.506 e. The largest absolute Gasteiger partial charge is 0.506 e. The summed E-state index contributed by atoms with van der Waals surface area (Å²) in [6.07, 6.45) is 0. The molecule has 0 radical (unpaired) electrons. The van der Waals surface area contributed by atoms with Crippen molar-refractivity contribution in [2.45, 2.75) is 0 Å². The average Bonchev–Trinajstić information content (AvgIpc) is 2.58. The van der Waals surface area contributed by atoms with Gasteiger partial charge in [-0.05, 0) is 22.9 Å². The second-order valence-electron chi connectivity index (χ2n) is 5.33. The van der Waals surface area contributed by atoms with Crippen LogP contribution in [0.25, 0.3) is 21.5 Å². The van der Waals surface area contributed by atoms with Crippen LogP contribution in [0.5, 0.6) is 5.75 Å². The van der Waals surface area contributed by atoms with Gasteiger partial charge in [0.1, 0.15) is 5.75 Å². The molecule has 0 saturated heterocycles. The van der Waals surface area contributed by atoms with E-state index in [1.54, 1.807) is 6.07 Å². The normalized spacial score (nSPS) is 10.9. The Bertz CT molecular complexity index is 970. The van der Waals surface area contributed by atoms with E-state index in [0.717, 1.165) is 27.5 Å². The van der Waals surface area contributed by atoms with Gasteiger partial charge in [-0.25, -0.2) is 0 Å². The fourth-order valence-corrected chi connectivity index (χ4v) is 2.86. The van der Waals surface area contributed by atoms with Gasteiger partial charge in [-0.3, -0.25) is 0 Å². The fourth-order valence-electron chi connectivity index (χ4n) is 2.86. The van der Waals surface area contributed by atoms with E-state index >= 15 is 0 Å². The Kier molecular flexibility index (Phi) is 2.94. The van der Waals surface area contributed by atoms with Crippen LogP contribution in [-0.2, 0) is 0 Å². The number of aromatic hydroxyl groups is 1. The molecule has 0 saturated carbocycles. The molecule has 2 nitrogen and oxygen atoms in total. The molecule has 22 heavy (non-hydrogen) atoms. The lowest BCUT2D eigenvalue weighted by molar-refractivity contribution is 0.478. The highest BCUT2D eigenvalue weighted by Crippen LogP contribution is 2.36. The molecule has 0 aliphatic carbocycles. The van der Waals surface area contributed by atoms with Gasteiger partial charge >= 0.3 is 0 Å². The number of phenolic OH excluding ortho intramolecular Hbond substituents is 1. The molecule has 2 N–H and O–H groups in total. The van der Waals surface area contributed by atoms with Crippen LogP contribution in [0.4, 0.5) is 11.4 Å². The molecule has 4 rings (SSSR count). The minimum absolute atomic E-state index is 0.256. The van der Waals surface area contributed by atoms with E-state index in [9.17, 15) is 5.11 Å². The van der Waals surface area contributed by atoms with Crippen molar-refractivity contribution >= 4 is 32.9 Å². The average molecular weight is 285 g/mol. The number of benzene rings is 4. The van der Waals surface area contributed by atoms with Crippen LogP contribution in [0.15, 0.2) is 78.9 Å². The highest BCUT2D eigenvalue weighted by atomic mass is 16.3.